The van der Waals surface area contributed by atoms with Crippen molar-refractivity contribution in [2.45, 2.75) is 39.3 Å². The molecule has 3 aromatic rings. The normalized spacial score (nSPS) is 16.4. The number of halogens is 2. The molecule has 9 heteroatoms. The van der Waals surface area contributed by atoms with Gasteiger partial charge in [-0.2, -0.15) is 0 Å². The lowest BCUT2D eigenvalue weighted by atomic mass is 10.1. The highest BCUT2D eigenvalue weighted by Crippen LogP contribution is 2.41. The number of thiazole rings is 1. The lowest BCUT2D eigenvalue weighted by Gasteiger charge is -2.42. The fourth-order valence-corrected chi connectivity index (χ4v) is 5.15. The van der Waals surface area contributed by atoms with Gasteiger partial charge in [0.1, 0.15) is 22.4 Å². The highest BCUT2D eigenvalue weighted by molar-refractivity contribution is 9.11. The van der Waals surface area contributed by atoms with Crippen molar-refractivity contribution in [1.82, 2.24) is 15.0 Å². The molecule has 0 bridgehead atoms. The molecule has 1 aromatic carbocycles. The quantitative estimate of drug-likeness (QED) is 0.507. The highest BCUT2D eigenvalue weighted by atomic mass is 79.9. The molecule has 2 aromatic heterocycles. The van der Waals surface area contributed by atoms with Gasteiger partial charge >= 0.3 is 0 Å². The van der Waals surface area contributed by atoms with Crippen LogP contribution in [0.3, 0.4) is 0 Å². The molecule has 0 saturated heterocycles. The van der Waals surface area contributed by atoms with Crippen LogP contribution in [-0.2, 0) is 4.79 Å². The fraction of sp³-hybridized carbons (Fsp3) is 0.333. The number of amides is 1. The van der Waals surface area contributed by atoms with Gasteiger partial charge in [-0.05, 0) is 60.5 Å². The first kappa shape index (κ1) is 20.9. The number of anilines is 2. The summed E-state index contributed by atoms with van der Waals surface area (Å²) in [5, 5.41) is 0. The largest absolute Gasteiger partial charge is 0.340 e. The Morgan fingerprint density at radius 3 is 2.57 bits per heavy atom. The van der Waals surface area contributed by atoms with Crippen LogP contribution >= 0.6 is 27.3 Å². The van der Waals surface area contributed by atoms with Gasteiger partial charge in [0.15, 0.2) is 15.6 Å². The molecular formula is C21H21BrFN5OS. The minimum Gasteiger partial charge on any atom is -0.340 e. The first-order valence-corrected chi connectivity index (χ1v) is 11.3. The van der Waals surface area contributed by atoms with Crippen LogP contribution < -0.4 is 9.80 Å². The Morgan fingerprint density at radius 1 is 1.23 bits per heavy atom. The third-order valence-corrected chi connectivity index (χ3v) is 6.67. The molecule has 1 atom stereocenters. The summed E-state index contributed by atoms with van der Waals surface area (Å²) in [7, 11) is 1.76. The Morgan fingerprint density at radius 2 is 1.93 bits per heavy atom. The first-order valence-electron chi connectivity index (χ1n) is 9.67. The number of carbonyl (C=O) groups excluding carboxylic acids is 1. The molecule has 0 N–H and O–H groups in total. The van der Waals surface area contributed by atoms with Crippen LogP contribution in [0.2, 0.25) is 0 Å². The van der Waals surface area contributed by atoms with E-state index in [0.717, 1.165) is 16.3 Å². The van der Waals surface area contributed by atoms with Gasteiger partial charge in [0.05, 0.1) is 11.9 Å². The summed E-state index contributed by atoms with van der Waals surface area (Å²) in [6.45, 7) is 6.12. The standard InChI is InChI=1S/C21H21BrFN5OS/c1-5-14-20(29)27(4)15-10-24-18(26-19(15)28(14)11(2)3)17-16(25-21(22)30-17)12-6-8-13(23)9-7-12/h6-11,14H,5H2,1-4H3/t14-/m1/s1. The first-order chi connectivity index (χ1) is 14.3. The van der Waals surface area contributed by atoms with Crippen LogP contribution in [0, 0.1) is 5.82 Å². The Labute approximate surface area is 186 Å². The van der Waals surface area contributed by atoms with Gasteiger partial charge in [0, 0.05) is 18.7 Å². The molecule has 3 heterocycles. The zero-order valence-electron chi connectivity index (χ0n) is 17.1. The summed E-state index contributed by atoms with van der Waals surface area (Å²) in [6, 6.07) is 6.03. The molecule has 1 amide bonds. The Balaban J connectivity index is 1.87. The van der Waals surface area contributed by atoms with Crippen molar-refractivity contribution in [3.63, 3.8) is 0 Å². The molecule has 156 valence electrons. The summed E-state index contributed by atoms with van der Waals surface area (Å²) >= 11 is 4.88. The predicted octanol–water partition coefficient (Wildman–Crippen LogP) is 5.14. The summed E-state index contributed by atoms with van der Waals surface area (Å²) < 4.78 is 14.1. The average Bonchev–Trinajstić information content (AvgIpc) is 3.12. The number of likely N-dealkylation sites (N-methyl/N-ethyl adjacent to an activating group) is 1. The number of nitrogens with zero attached hydrogens (tertiary/aromatic N) is 5. The highest BCUT2D eigenvalue weighted by Gasteiger charge is 2.38. The van der Waals surface area contributed by atoms with Crippen molar-refractivity contribution in [3.05, 3.63) is 40.2 Å². The van der Waals surface area contributed by atoms with Crippen molar-refractivity contribution in [3.8, 4) is 22.0 Å². The van der Waals surface area contributed by atoms with Crippen molar-refractivity contribution in [1.29, 1.82) is 0 Å². The average molecular weight is 490 g/mol. The van der Waals surface area contributed by atoms with Gasteiger partial charge in [-0.1, -0.05) is 6.92 Å². The van der Waals surface area contributed by atoms with Crippen LogP contribution in [-0.4, -0.2) is 40.0 Å². The van der Waals surface area contributed by atoms with Crippen molar-refractivity contribution in [2.75, 3.05) is 16.8 Å². The summed E-state index contributed by atoms with van der Waals surface area (Å²) in [5.41, 5.74) is 2.17. The van der Waals surface area contributed by atoms with Crippen molar-refractivity contribution in [2.24, 2.45) is 0 Å². The van der Waals surface area contributed by atoms with E-state index < -0.39 is 0 Å². The maximum atomic E-state index is 13.4. The maximum Gasteiger partial charge on any atom is 0.249 e. The zero-order valence-corrected chi connectivity index (χ0v) is 19.5. The van der Waals surface area contributed by atoms with Crippen LogP contribution in [0.1, 0.15) is 27.2 Å². The number of carbonyl (C=O) groups is 1. The van der Waals surface area contributed by atoms with E-state index in [0.29, 0.717) is 27.5 Å². The summed E-state index contributed by atoms with van der Waals surface area (Å²) in [4.78, 5) is 31.3. The third kappa shape index (κ3) is 3.50. The van der Waals surface area contributed by atoms with Gasteiger partial charge in [0.25, 0.3) is 0 Å². The SMILES string of the molecule is CC[C@@H]1C(=O)N(C)c2cnc(-c3sc(Br)nc3-c3ccc(F)cc3)nc2N1C(C)C. The molecular weight excluding hydrogens is 469 g/mol. The van der Waals surface area contributed by atoms with E-state index in [-0.39, 0.29) is 23.8 Å². The molecule has 4 rings (SSSR count). The summed E-state index contributed by atoms with van der Waals surface area (Å²) in [5.74, 6) is 1.01. The third-order valence-electron chi connectivity index (χ3n) is 5.17. The Hall–Kier alpha value is -2.39. The zero-order chi connectivity index (χ0) is 21.6. The Kier molecular flexibility index (Phi) is 5.59. The summed E-state index contributed by atoms with van der Waals surface area (Å²) in [6.07, 6.45) is 2.38. The molecule has 30 heavy (non-hydrogen) atoms. The second-order valence-electron chi connectivity index (χ2n) is 7.38. The molecule has 0 fully saturated rings. The number of aromatic nitrogens is 3. The number of rotatable bonds is 4. The van der Waals surface area contributed by atoms with Gasteiger partial charge in [-0.15, -0.1) is 11.3 Å². The van der Waals surface area contributed by atoms with Gasteiger partial charge in [-0.25, -0.2) is 19.3 Å². The second kappa shape index (κ2) is 8.03. The molecule has 0 radical (unpaired) electrons. The lowest BCUT2D eigenvalue weighted by molar-refractivity contribution is -0.120. The van der Waals surface area contributed by atoms with Crippen LogP contribution in [0.15, 0.2) is 34.4 Å². The van der Waals surface area contributed by atoms with E-state index in [9.17, 15) is 9.18 Å². The Bertz CT molecular complexity index is 1100. The smallest absolute Gasteiger partial charge is 0.249 e. The maximum absolute atomic E-state index is 13.4. The van der Waals surface area contributed by atoms with Crippen molar-refractivity contribution >= 4 is 44.7 Å². The number of hydrogen-bond acceptors (Lipinski definition) is 6. The van der Waals surface area contributed by atoms with E-state index in [1.807, 2.05) is 6.92 Å². The fourth-order valence-electron chi connectivity index (χ4n) is 3.74. The molecule has 6 nitrogen and oxygen atoms in total. The predicted molar refractivity (Wildman–Crippen MR) is 121 cm³/mol. The van der Waals surface area contributed by atoms with Gasteiger partial charge < -0.3 is 9.80 Å². The van der Waals surface area contributed by atoms with Crippen LogP contribution in [0.5, 0.6) is 0 Å². The number of fused-ring (bicyclic) bond motifs is 1. The molecule has 0 spiro atoms. The van der Waals surface area contributed by atoms with Crippen LogP contribution in [0.25, 0.3) is 22.0 Å². The molecule has 1 aliphatic heterocycles. The molecule has 0 aliphatic carbocycles. The van der Waals surface area contributed by atoms with Gasteiger partial charge in [-0.3, -0.25) is 4.79 Å². The second-order valence-corrected chi connectivity index (χ2v) is 9.65. The van der Waals surface area contributed by atoms with E-state index in [1.54, 1.807) is 30.3 Å². The van der Waals surface area contributed by atoms with E-state index in [4.69, 9.17) is 4.98 Å². The topological polar surface area (TPSA) is 62.2 Å². The molecule has 0 saturated carbocycles. The minimum absolute atomic E-state index is 0.0441. The van der Waals surface area contributed by atoms with Crippen molar-refractivity contribution < 1.29 is 9.18 Å². The molecule has 1 aliphatic rings. The van der Waals surface area contributed by atoms with Gasteiger partial charge in [0.2, 0.25) is 5.91 Å². The molecule has 0 unspecified atom stereocenters. The number of benzene rings is 1. The van der Waals surface area contributed by atoms with E-state index in [2.05, 4.69) is 44.6 Å². The van der Waals surface area contributed by atoms with E-state index >= 15 is 0 Å². The lowest BCUT2D eigenvalue weighted by Crippen LogP contribution is -2.54. The van der Waals surface area contributed by atoms with E-state index in [1.165, 1.54) is 23.5 Å². The van der Waals surface area contributed by atoms with Crippen LogP contribution in [0.4, 0.5) is 15.9 Å². The monoisotopic (exact) mass is 489 g/mol. The number of hydrogen-bond donors (Lipinski definition) is 0. The minimum atomic E-state index is -0.300.